The van der Waals surface area contributed by atoms with E-state index in [0.717, 1.165) is 16.0 Å². The van der Waals surface area contributed by atoms with Crippen molar-refractivity contribution in [2.24, 2.45) is 0 Å². The van der Waals surface area contributed by atoms with Gasteiger partial charge in [0.25, 0.3) is 10.1 Å². The number of rotatable bonds is 6. The zero-order valence-corrected chi connectivity index (χ0v) is 17.6. The smallest absolute Gasteiger partial charge is 0.297 e. The maximum atomic E-state index is 12.4. The Hall–Kier alpha value is -1.46. The van der Waals surface area contributed by atoms with Gasteiger partial charge in [-0.05, 0) is 38.1 Å². The van der Waals surface area contributed by atoms with Gasteiger partial charge in [-0.1, -0.05) is 47.2 Å². The summed E-state index contributed by atoms with van der Waals surface area (Å²) in [6, 6.07) is 13.7. The maximum Gasteiger partial charge on any atom is 0.297 e. The van der Waals surface area contributed by atoms with Crippen LogP contribution in [-0.4, -0.2) is 60.2 Å². The van der Waals surface area contributed by atoms with E-state index < -0.39 is 46.6 Å². The Morgan fingerprint density at radius 3 is 2.03 bits per heavy atom. The van der Waals surface area contributed by atoms with E-state index in [4.69, 9.17) is 8.92 Å². The molecule has 0 amide bonds. The largest absolute Gasteiger partial charge is 0.387 e. The average Bonchev–Trinajstić information content (AvgIpc) is 2.69. The number of ether oxygens (including phenoxy) is 1. The molecule has 0 spiro atoms. The van der Waals surface area contributed by atoms with E-state index in [0.29, 0.717) is 0 Å². The van der Waals surface area contributed by atoms with Gasteiger partial charge in [0.05, 0.1) is 11.5 Å². The van der Waals surface area contributed by atoms with E-state index in [1.165, 1.54) is 23.9 Å². The summed E-state index contributed by atoms with van der Waals surface area (Å²) in [5.74, 6) is 0. The highest BCUT2D eigenvalue weighted by Gasteiger charge is 2.44. The molecule has 0 aromatic heterocycles. The molecule has 158 valence electrons. The molecule has 0 bridgehead atoms. The van der Waals surface area contributed by atoms with Crippen molar-refractivity contribution in [3.05, 3.63) is 59.7 Å². The number of thioether (sulfide) groups is 1. The quantitative estimate of drug-likeness (QED) is 0.581. The number of hydrogen-bond donors (Lipinski definition) is 3. The summed E-state index contributed by atoms with van der Waals surface area (Å²) in [6.45, 7) is 3.29. The van der Waals surface area contributed by atoms with Gasteiger partial charge in [-0.3, -0.25) is 4.18 Å². The van der Waals surface area contributed by atoms with Crippen LogP contribution in [0.2, 0.25) is 0 Å². The summed E-state index contributed by atoms with van der Waals surface area (Å²) in [6.07, 6.45) is -5.46. The van der Waals surface area contributed by atoms with Crippen molar-refractivity contribution >= 4 is 21.9 Å². The first-order valence-corrected chi connectivity index (χ1v) is 11.4. The summed E-state index contributed by atoms with van der Waals surface area (Å²) in [5, 5.41) is 30.7. The Morgan fingerprint density at radius 2 is 1.45 bits per heavy atom. The fraction of sp³-hybridized carbons (Fsp3) is 0.400. The van der Waals surface area contributed by atoms with Crippen LogP contribution in [-0.2, 0) is 19.0 Å². The fourth-order valence-corrected chi connectivity index (χ4v) is 4.81. The first-order valence-electron chi connectivity index (χ1n) is 9.06. The van der Waals surface area contributed by atoms with E-state index in [1.807, 2.05) is 38.1 Å². The van der Waals surface area contributed by atoms with Crippen LogP contribution in [0.5, 0.6) is 0 Å². The maximum absolute atomic E-state index is 12.4. The SMILES string of the molecule is Cc1ccc(S[C@@H]2O[C@H](COS(=O)(=O)c3ccc(C)cc3)[C@@H](O)[C@H](O)[C@H]2O)cc1. The molecule has 5 atom stereocenters. The van der Waals surface area contributed by atoms with E-state index >= 15 is 0 Å². The number of aliphatic hydroxyl groups is 3. The van der Waals surface area contributed by atoms with Gasteiger partial charge in [-0.15, -0.1) is 0 Å². The number of benzene rings is 2. The van der Waals surface area contributed by atoms with Crippen molar-refractivity contribution in [3.63, 3.8) is 0 Å². The first kappa shape index (κ1) is 22.2. The fourth-order valence-electron chi connectivity index (χ4n) is 2.83. The topological polar surface area (TPSA) is 113 Å². The molecule has 1 aliphatic heterocycles. The first-order chi connectivity index (χ1) is 13.7. The molecule has 2 aromatic rings. The van der Waals surface area contributed by atoms with Crippen molar-refractivity contribution < 1.29 is 32.7 Å². The Labute approximate surface area is 174 Å². The second-order valence-corrected chi connectivity index (χ2v) is 9.78. The predicted octanol–water partition coefficient (Wildman–Crippen LogP) is 1.61. The zero-order chi connectivity index (χ0) is 21.2. The van der Waals surface area contributed by atoms with E-state index in [-0.39, 0.29) is 4.90 Å². The number of aryl methyl sites for hydroxylation is 2. The lowest BCUT2D eigenvalue weighted by Crippen LogP contribution is -2.57. The Morgan fingerprint density at radius 1 is 0.897 bits per heavy atom. The van der Waals surface area contributed by atoms with E-state index in [2.05, 4.69) is 0 Å². The molecular weight excluding hydrogens is 416 g/mol. The average molecular weight is 441 g/mol. The van der Waals surface area contributed by atoms with Gasteiger partial charge in [0, 0.05) is 4.90 Å². The van der Waals surface area contributed by atoms with E-state index in [9.17, 15) is 23.7 Å². The summed E-state index contributed by atoms with van der Waals surface area (Å²) >= 11 is 1.17. The number of hydrogen-bond acceptors (Lipinski definition) is 8. The van der Waals surface area contributed by atoms with Crippen molar-refractivity contribution in [2.45, 2.75) is 53.5 Å². The summed E-state index contributed by atoms with van der Waals surface area (Å²) in [4.78, 5) is 0.787. The van der Waals surface area contributed by atoms with Crippen LogP contribution in [0.1, 0.15) is 11.1 Å². The molecule has 3 rings (SSSR count). The van der Waals surface area contributed by atoms with Gasteiger partial charge in [0.2, 0.25) is 0 Å². The highest BCUT2D eigenvalue weighted by atomic mass is 32.2. The summed E-state index contributed by atoms with van der Waals surface area (Å²) in [7, 11) is -4.05. The molecule has 2 aromatic carbocycles. The summed E-state index contributed by atoms with van der Waals surface area (Å²) in [5.41, 5.74) is 1.08. The van der Waals surface area contributed by atoms with Crippen molar-refractivity contribution in [1.82, 2.24) is 0 Å². The van der Waals surface area contributed by atoms with Crippen LogP contribution >= 0.6 is 11.8 Å². The lowest BCUT2D eigenvalue weighted by molar-refractivity contribution is -0.203. The molecular formula is C20H24O7S2. The highest BCUT2D eigenvalue weighted by molar-refractivity contribution is 7.99. The minimum absolute atomic E-state index is 0.0143. The van der Waals surface area contributed by atoms with Crippen LogP contribution in [0, 0.1) is 13.8 Å². The van der Waals surface area contributed by atoms with Gasteiger partial charge in [-0.25, -0.2) is 0 Å². The Balaban J connectivity index is 1.69. The second-order valence-electron chi connectivity index (χ2n) is 7.00. The zero-order valence-electron chi connectivity index (χ0n) is 16.0. The monoisotopic (exact) mass is 440 g/mol. The van der Waals surface area contributed by atoms with Crippen molar-refractivity contribution in [2.75, 3.05) is 6.61 Å². The molecule has 3 N–H and O–H groups in total. The minimum Gasteiger partial charge on any atom is -0.387 e. The van der Waals surface area contributed by atoms with Crippen molar-refractivity contribution in [3.8, 4) is 0 Å². The summed E-state index contributed by atoms with van der Waals surface area (Å²) < 4.78 is 35.5. The van der Waals surface area contributed by atoms with Crippen LogP contribution in [0.3, 0.4) is 0 Å². The third-order valence-electron chi connectivity index (χ3n) is 4.64. The van der Waals surface area contributed by atoms with E-state index in [1.54, 1.807) is 12.1 Å². The predicted molar refractivity (Wildman–Crippen MR) is 108 cm³/mol. The normalized spacial score (nSPS) is 27.7. The number of aliphatic hydroxyl groups excluding tert-OH is 3. The van der Waals surface area contributed by atoms with Crippen LogP contribution in [0.25, 0.3) is 0 Å². The molecule has 0 unspecified atom stereocenters. The van der Waals surface area contributed by atoms with Gasteiger partial charge in [0.1, 0.15) is 29.9 Å². The van der Waals surface area contributed by atoms with Crippen LogP contribution < -0.4 is 0 Å². The molecule has 0 saturated carbocycles. The Kier molecular flexibility index (Phi) is 7.00. The third kappa shape index (κ3) is 5.37. The molecule has 9 heteroatoms. The molecule has 1 saturated heterocycles. The third-order valence-corrected chi connectivity index (χ3v) is 7.10. The molecule has 1 fully saturated rings. The van der Waals surface area contributed by atoms with Gasteiger partial charge < -0.3 is 20.1 Å². The molecule has 29 heavy (non-hydrogen) atoms. The molecule has 0 radical (unpaired) electrons. The lowest BCUT2D eigenvalue weighted by atomic mass is 10.0. The highest BCUT2D eigenvalue weighted by Crippen LogP contribution is 2.33. The van der Waals surface area contributed by atoms with Crippen molar-refractivity contribution in [1.29, 1.82) is 0 Å². The lowest BCUT2D eigenvalue weighted by Gasteiger charge is -2.40. The molecule has 0 aliphatic carbocycles. The molecule has 7 nitrogen and oxygen atoms in total. The van der Waals surface area contributed by atoms with Gasteiger partial charge >= 0.3 is 0 Å². The minimum atomic E-state index is -4.05. The molecule has 1 heterocycles. The Bertz CT molecular complexity index is 913. The van der Waals surface area contributed by atoms with Gasteiger partial charge in [0.15, 0.2) is 0 Å². The van der Waals surface area contributed by atoms with Crippen LogP contribution in [0.15, 0.2) is 58.3 Å². The second kappa shape index (κ2) is 9.13. The standard InChI is InChI=1S/C20H24O7S2/c1-12-3-7-14(8-4-12)28-20-19(23)18(22)17(21)16(27-20)11-26-29(24,25)15-9-5-13(2)6-10-15/h3-10,16-23H,11H2,1-2H3/t16-,17-,18+,19-,20+/m1/s1. The van der Waals surface area contributed by atoms with Gasteiger partial charge in [-0.2, -0.15) is 8.42 Å². The molecule has 1 aliphatic rings. The van der Waals surface area contributed by atoms with Crippen LogP contribution in [0.4, 0.5) is 0 Å².